The Balaban J connectivity index is 3.12. The lowest BCUT2D eigenvalue weighted by atomic mass is 10.4. The molecule has 0 spiro atoms. The molecule has 58 valence electrons. The van der Waals surface area contributed by atoms with Crippen LogP contribution >= 0.6 is 0 Å². The minimum atomic E-state index is -0.571. The van der Waals surface area contributed by atoms with Crippen LogP contribution in [0.2, 0.25) is 0 Å². The summed E-state index contributed by atoms with van der Waals surface area (Å²) in [6, 6.07) is 2.42. The zero-order valence-electron chi connectivity index (χ0n) is 5.87. The van der Waals surface area contributed by atoms with Crippen molar-refractivity contribution < 1.29 is 13.9 Å². The highest BCUT2D eigenvalue weighted by molar-refractivity contribution is 5.71. The molecule has 0 radical (unpaired) electrons. The van der Waals surface area contributed by atoms with E-state index in [1.807, 2.05) is 0 Å². The van der Waals surface area contributed by atoms with Crippen molar-refractivity contribution in [3.8, 4) is 5.88 Å². The van der Waals surface area contributed by atoms with E-state index < -0.39 is 5.82 Å². The number of carbonyl (C=O) groups is 1. The minimum Gasteiger partial charge on any atom is -0.479 e. The average Bonchev–Trinajstić information content (AvgIpc) is 2.05. The standard InChI is InChI=1S/C7H6FNO2/c1-11-7-6(8)3-2-5(4-10)9-7/h2-4H,1H3. The number of hydrogen-bond acceptors (Lipinski definition) is 3. The number of aromatic nitrogens is 1. The molecular weight excluding hydrogens is 149 g/mol. The molecule has 0 saturated carbocycles. The van der Waals surface area contributed by atoms with Crippen molar-refractivity contribution in [2.24, 2.45) is 0 Å². The molecule has 3 nitrogen and oxygen atoms in total. The zero-order chi connectivity index (χ0) is 8.27. The van der Waals surface area contributed by atoms with Crippen molar-refractivity contribution in [3.05, 3.63) is 23.6 Å². The van der Waals surface area contributed by atoms with Crippen LogP contribution in [0, 0.1) is 5.82 Å². The van der Waals surface area contributed by atoms with E-state index in [2.05, 4.69) is 9.72 Å². The number of pyridine rings is 1. The van der Waals surface area contributed by atoms with Crippen LogP contribution in [0.25, 0.3) is 0 Å². The van der Waals surface area contributed by atoms with Crippen LogP contribution in [0.4, 0.5) is 4.39 Å². The highest BCUT2D eigenvalue weighted by atomic mass is 19.1. The Morgan fingerprint density at radius 3 is 2.91 bits per heavy atom. The van der Waals surface area contributed by atoms with Gasteiger partial charge < -0.3 is 4.74 Å². The molecule has 0 unspecified atom stereocenters. The lowest BCUT2D eigenvalue weighted by molar-refractivity contribution is 0.111. The van der Waals surface area contributed by atoms with Gasteiger partial charge >= 0.3 is 0 Å². The molecule has 0 aliphatic heterocycles. The molecule has 0 saturated heterocycles. The fourth-order valence-corrected chi connectivity index (χ4v) is 0.647. The van der Waals surface area contributed by atoms with E-state index in [1.165, 1.54) is 13.2 Å². The molecule has 4 heteroatoms. The molecule has 1 aromatic rings. The van der Waals surface area contributed by atoms with Crippen molar-refractivity contribution in [3.63, 3.8) is 0 Å². The molecule has 0 aromatic carbocycles. The first kappa shape index (κ1) is 7.65. The Morgan fingerprint density at radius 1 is 1.64 bits per heavy atom. The van der Waals surface area contributed by atoms with Crippen LogP contribution < -0.4 is 4.74 Å². The van der Waals surface area contributed by atoms with Gasteiger partial charge in [0.05, 0.1) is 7.11 Å². The van der Waals surface area contributed by atoms with E-state index in [0.29, 0.717) is 6.29 Å². The summed E-state index contributed by atoms with van der Waals surface area (Å²) in [6.45, 7) is 0. The first-order valence-electron chi connectivity index (χ1n) is 2.93. The second kappa shape index (κ2) is 3.09. The van der Waals surface area contributed by atoms with Gasteiger partial charge in [-0.05, 0) is 12.1 Å². The van der Waals surface area contributed by atoms with Crippen LogP contribution in [0.3, 0.4) is 0 Å². The number of ether oxygens (including phenoxy) is 1. The molecule has 0 amide bonds. The van der Waals surface area contributed by atoms with E-state index >= 15 is 0 Å². The third-order valence-electron chi connectivity index (χ3n) is 1.15. The number of carbonyl (C=O) groups excluding carboxylic acids is 1. The van der Waals surface area contributed by atoms with Crippen molar-refractivity contribution in [1.82, 2.24) is 4.98 Å². The van der Waals surface area contributed by atoms with E-state index in [1.54, 1.807) is 0 Å². The number of rotatable bonds is 2. The highest BCUT2D eigenvalue weighted by Gasteiger charge is 2.03. The second-order valence-electron chi connectivity index (χ2n) is 1.85. The Labute approximate surface area is 62.8 Å². The third kappa shape index (κ3) is 1.52. The van der Waals surface area contributed by atoms with Gasteiger partial charge in [0, 0.05) is 0 Å². The fraction of sp³-hybridized carbons (Fsp3) is 0.143. The normalized spacial score (nSPS) is 9.27. The number of hydrogen-bond donors (Lipinski definition) is 0. The summed E-state index contributed by atoms with van der Waals surface area (Å²) in [6.07, 6.45) is 0.530. The summed E-state index contributed by atoms with van der Waals surface area (Å²) in [4.78, 5) is 13.7. The van der Waals surface area contributed by atoms with Gasteiger partial charge in [-0.25, -0.2) is 9.37 Å². The van der Waals surface area contributed by atoms with Crippen molar-refractivity contribution >= 4 is 6.29 Å². The topological polar surface area (TPSA) is 39.2 Å². The first-order valence-corrected chi connectivity index (χ1v) is 2.93. The van der Waals surface area contributed by atoms with E-state index in [9.17, 15) is 9.18 Å². The summed E-state index contributed by atoms with van der Waals surface area (Å²) < 4.78 is 17.1. The monoisotopic (exact) mass is 155 g/mol. The van der Waals surface area contributed by atoms with Gasteiger partial charge in [-0.3, -0.25) is 4.79 Å². The second-order valence-corrected chi connectivity index (χ2v) is 1.85. The van der Waals surface area contributed by atoms with Crippen LogP contribution in [-0.4, -0.2) is 18.4 Å². The Hall–Kier alpha value is -1.45. The summed E-state index contributed by atoms with van der Waals surface area (Å²) in [5, 5.41) is 0. The van der Waals surface area contributed by atoms with Gasteiger partial charge in [-0.1, -0.05) is 0 Å². The molecule has 11 heavy (non-hydrogen) atoms. The molecule has 0 aliphatic carbocycles. The molecule has 0 aliphatic rings. The van der Waals surface area contributed by atoms with E-state index in [-0.39, 0.29) is 11.6 Å². The quantitative estimate of drug-likeness (QED) is 0.599. The van der Waals surface area contributed by atoms with Gasteiger partial charge in [0.1, 0.15) is 5.69 Å². The highest BCUT2D eigenvalue weighted by Crippen LogP contribution is 2.11. The van der Waals surface area contributed by atoms with Crippen LogP contribution in [0.5, 0.6) is 5.88 Å². The maximum atomic E-state index is 12.6. The summed E-state index contributed by atoms with van der Waals surface area (Å²) in [5.74, 6) is -0.729. The summed E-state index contributed by atoms with van der Waals surface area (Å²) >= 11 is 0. The van der Waals surface area contributed by atoms with Gasteiger partial charge in [-0.2, -0.15) is 0 Å². The fourth-order valence-electron chi connectivity index (χ4n) is 0.647. The lowest BCUT2D eigenvalue weighted by Gasteiger charge is -1.98. The zero-order valence-corrected chi connectivity index (χ0v) is 5.87. The number of nitrogens with zero attached hydrogens (tertiary/aromatic N) is 1. The van der Waals surface area contributed by atoms with Crippen molar-refractivity contribution in [2.75, 3.05) is 7.11 Å². The Morgan fingerprint density at radius 2 is 2.36 bits per heavy atom. The lowest BCUT2D eigenvalue weighted by Crippen LogP contribution is -1.95. The van der Waals surface area contributed by atoms with Crippen LogP contribution in [0.15, 0.2) is 12.1 Å². The predicted molar refractivity (Wildman–Crippen MR) is 36.1 cm³/mol. The average molecular weight is 155 g/mol. The Bertz CT molecular complexity index is 275. The molecule has 0 N–H and O–H groups in total. The minimum absolute atomic E-state index is 0.156. The Kier molecular flexibility index (Phi) is 2.15. The maximum absolute atomic E-state index is 12.6. The van der Waals surface area contributed by atoms with E-state index in [0.717, 1.165) is 6.07 Å². The molecule has 1 aromatic heterocycles. The van der Waals surface area contributed by atoms with Crippen LogP contribution in [0.1, 0.15) is 10.5 Å². The SMILES string of the molecule is COc1nc(C=O)ccc1F. The molecule has 0 bridgehead atoms. The first-order chi connectivity index (χ1) is 5.27. The number of aldehydes is 1. The smallest absolute Gasteiger partial charge is 0.250 e. The maximum Gasteiger partial charge on any atom is 0.250 e. The molecule has 0 fully saturated rings. The molecule has 1 rings (SSSR count). The van der Waals surface area contributed by atoms with Gasteiger partial charge in [0.25, 0.3) is 5.88 Å². The van der Waals surface area contributed by atoms with Gasteiger partial charge in [0.2, 0.25) is 0 Å². The van der Waals surface area contributed by atoms with Crippen molar-refractivity contribution in [2.45, 2.75) is 0 Å². The van der Waals surface area contributed by atoms with Gasteiger partial charge in [0.15, 0.2) is 12.1 Å². The number of halogens is 1. The third-order valence-corrected chi connectivity index (χ3v) is 1.15. The largest absolute Gasteiger partial charge is 0.479 e. The van der Waals surface area contributed by atoms with Gasteiger partial charge in [-0.15, -0.1) is 0 Å². The molecule has 0 atom stereocenters. The summed E-state index contributed by atoms with van der Waals surface area (Å²) in [5.41, 5.74) is 0.156. The van der Waals surface area contributed by atoms with Crippen LogP contribution in [-0.2, 0) is 0 Å². The summed E-state index contributed by atoms with van der Waals surface area (Å²) in [7, 11) is 1.29. The van der Waals surface area contributed by atoms with Crippen molar-refractivity contribution in [1.29, 1.82) is 0 Å². The number of methoxy groups -OCH3 is 1. The molecule has 1 heterocycles. The predicted octanol–water partition coefficient (Wildman–Crippen LogP) is 1.04. The molecular formula is C7H6FNO2. The van der Waals surface area contributed by atoms with E-state index in [4.69, 9.17) is 0 Å².